The van der Waals surface area contributed by atoms with Crippen LogP contribution in [0.4, 0.5) is 0 Å². The number of nitriles is 1. The summed E-state index contributed by atoms with van der Waals surface area (Å²) in [7, 11) is 0. The first kappa shape index (κ1) is 20.3. The highest BCUT2D eigenvalue weighted by Gasteiger charge is 2.24. The number of aromatic nitrogens is 2. The zero-order valence-corrected chi connectivity index (χ0v) is 17.0. The van der Waals surface area contributed by atoms with Gasteiger partial charge in [0.25, 0.3) is 5.56 Å². The average Bonchev–Trinajstić information content (AvgIpc) is 2.72. The molecule has 0 saturated carbocycles. The number of rotatable bonds is 6. The van der Waals surface area contributed by atoms with Crippen LogP contribution in [-0.4, -0.2) is 27.0 Å². The third-order valence-electron chi connectivity index (χ3n) is 4.33. The molecule has 1 N–H and O–H groups in total. The monoisotopic (exact) mass is 453 g/mol. The van der Waals surface area contributed by atoms with Crippen molar-refractivity contribution in [2.24, 2.45) is 0 Å². The highest BCUT2D eigenvalue weighted by Crippen LogP contribution is 2.24. The van der Waals surface area contributed by atoms with Crippen LogP contribution in [0.25, 0.3) is 0 Å². The summed E-state index contributed by atoms with van der Waals surface area (Å²) in [4.78, 5) is 29.4. The molecule has 0 saturated heterocycles. The molecule has 0 radical (unpaired) electrons. The number of aromatic hydroxyl groups is 1. The molecule has 0 atom stereocenters. The Bertz CT molecular complexity index is 1150. The van der Waals surface area contributed by atoms with Gasteiger partial charge in [0, 0.05) is 16.9 Å². The first-order chi connectivity index (χ1) is 13.9. The Morgan fingerprint density at radius 1 is 1.31 bits per heavy atom. The Balaban J connectivity index is 1.97. The zero-order chi connectivity index (χ0) is 21.0. The SMILES string of the molecule is Cc1c(C(=O)COc2ccc(Br)cc2)c(O)n(Cc2cccnc2)c(=O)c1C#N. The molecule has 0 aliphatic carbocycles. The summed E-state index contributed by atoms with van der Waals surface area (Å²) >= 11 is 3.32. The van der Waals surface area contributed by atoms with Crippen LogP contribution in [0.1, 0.15) is 27.0 Å². The summed E-state index contributed by atoms with van der Waals surface area (Å²) in [5, 5.41) is 20.1. The molecule has 1 aromatic carbocycles. The second-order valence-electron chi connectivity index (χ2n) is 6.23. The molecule has 0 spiro atoms. The second kappa shape index (κ2) is 8.71. The lowest BCUT2D eigenvalue weighted by atomic mass is 10.0. The number of pyridine rings is 2. The zero-order valence-electron chi connectivity index (χ0n) is 15.4. The summed E-state index contributed by atoms with van der Waals surface area (Å²) in [5.41, 5.74) is -0.207. The van der Waals surface area contributed by atoms with Gasteiger partial charge in [-0.25, -0.2) is 0 Å². The Morgan fingerprint density at radius 2 is 2.03 bits per heavy atom. The molecule has 7 nitrogen and oxygen atoms in total. The Hall–Kier alpha value is -3.44. The van der Waals surface area contributed by atoms with Gasteiger partial charge in [0.15, 0.2) is 6.61 Å². The minimum Gasteiger partial charge on any atom is -0.494 e. The van der Waals surface area contributed by atoms with E-state index < -0.39 is 17.2 Å². The van der Waals surface area contributed by atoms with E-state index >= 15 is 0 Å². The number of hydrogen-bond donors (Lipinski definition) is 1. The van der Waals surface area contributed by atoms with Gasteiger partial charge in [-0.1, -0.05) is 22.0 Å². The number of nitrogens with zero attached hydrogens (tertiary/aromatic N) is 3. The Kier molecular flexibility index (Phi) is 6.10. The van der Waals surface area contributed by atoms with Crippen LogP contribution in [0.15, 0.2) is 58.1 Å². The maximum atomic E-state index is 12.8. The lowest BCUT2D eigenvalue weighted by Gasteiger charge is -2.15. The Labute approximate surface area is 175 Å². The van der Waals surface area contributed by atoms with Gasteiger partial charge < -0.3 is 9.84 Å². The molecular weight excluding hydrogens is 438 g/mol. The van der Waals surface area contributed by atoms with Gasteiger partial charge in [0.05, 0.1) is 12.1 Å². The van der Waals surface area contributed by atoms with Crippen LogP contribution in [0, 0.1) is 18.3 Å². The fraction of sp³-hybridized carbons (Fsp3) is 0.143. The minimum absolute atomic E-state index is 0.0265. The highest BCUT2D eigenvalue weighted by atomic mass is 79.9. The molecule has 146 valence electrons. The van der Waals surface area contributed by atoms with Gasteiger partial charge in [-0.15, -0.1) is 0 Å². The van der Waals surface area contributed by atoms with Crippen LogP contribution in [0.5, 0.6) is 11.6 Å². The lowest BCUT2D eigenvalue weighted by Crippen LogP contribution is -2.28. The molecule has 3 aromatic rings. The predicted molar refractivity (Wildman–Crippen MR) is 109 cm³/mol. The first-order valence-electron chi connectivity index (χ1n) is 8.59. The third kappa shape index (κ3) is 4.36. The number of carbonyl (C=O) groups is 1. The van der Waals surface area contributed by atoms with Crippen molar-refractivity contribution in [2.75, 3.05) is 6.61 Å². The van der Waals surface area contributed by atoms with E-state index in [-0.39, 0.29) is 29.8 Å². The largest absolute Gasteiger partial charge is 0.494 e. The third-order valence-corrected chi connectivity index (χ3v) is 4.85. The molecule has 0 bridgehead atoms. The van der Waals surface area contributed by atoms with E-state index in [9.17, 15) is 20.0 Å². The van der Waals surface area contributed by atoms with E-state index in [4.69, 9.17) is 4.74 Å². The number of halogens is 1. The van der Waals surface area contributed by atoms with Crippen LogP contribution in [-0.2, 0) is 6.54 Å². The maximum Gasteiger partial charge on any atom is 0.271 e. The molecule has 0 aliphatic heterocycles. The van der Waals surface area contributed by atoms with E-state index in [1.165, 1.54) is 13.1 Å². The topological polar surface area (TPSA) is 105 Å². The van der Waals surface area contributed by atoms with Crippen molar-refractivity contribution in [2.45, 2.75) is 13.5 Å². The van der Waals surface area contributed by atoms with E-state index in [2.05, 4.69) is 20.9 Å². The van der Waals surface area contributed by atoms with Gasteiger partial charge in [-0.05, 0) is 48.4 Å². The van der Waals surface area contributed by atoms with Crippen LogP contribution >= 0.6 is 15.9 Å². The summed E-state index contributed by atoms with van der Waals surface area (Å²) in [5.74, 6) is -0.568. The molecule has 0 fully saturated rings. The van der Waals surface area contributed by atoms with Crippen LogP contribution in [0.3, 0.4) is 0 Å². The molecule has 2 aromatic heterocycles. The fourth-order valence-corrected chi connectivity index (χ4v) is 3.12. The first-order valence-corrected chi connectivity index (χ1v) is 9.38. The van der Waals surface area contributed by atoms with E-state index in [1.54, 1.807) is 42.6 Å². The molecule has 29 heavy (non-hydrogen) atoms. The maximum absolute atomic E-state index is 12.8. The van der Waals surface area contributed by atoms with E-state index in [0.717, 1.165) is 9.04 Å². The molecule has 3 rings (SSSR count). The van der Waals surface area contributed by atoms with Gasteiger partial charge in [0.1, 0.15) is 17.4 Å². The minimum atomic E-state index is -0.670. The molecule has 0 unspecified atom stereocenters. The Morgan fingerprint density at radius 3 is 2.66 bits per heavy atom. The lowest BCUT2D eigenvalue weighted by molar-refractivity contribution is 0.0916. The number of ketones is 1. The van der Waals surface area contributed by atoms with Crippen molar-refractivity contribution >= 4 is 21.7 Å². The summed E-state index contributed by atoms with van der Waals surface area (Å²) in [6.07, 6.45) is 3.12. The van der Waals surface area contributed by atoms with Crippen molar-refractivity contribution in [1.29, 1.82) is 5.26 Å². The van der Waals surface area contributed by atoms with Crippen molar-refractivity contribution in [3.8, 4) is 17.7 Å². The van der Waals surface area contributed by atoms with Crippen molar-refractivity contribution < 1.29 is 14.6 Å². The standard InChI is InChI=1S/C21H16BrN3O4/c1-13-17(9-23)20(27)25(11-14-3-2-8-24-10-14)21(28)19(13)18(26)12-29-16-6-4-15(22)5-7-16/h2-8,10,28H,11-12H2,1H3. The fourth-order valence-electron chi connectivity index (χ4n) is 2.86. The number of ether oxygens (including phenoxy) is 1. The molecule has 8 heteroatoms. The number of benzene rings is 1. The highest BCUT2D eigenvalue weighted by molar-refractivity contribution is 9.10. The van der Waals surface area contributed by atoms with Crippen molar-refractivity contribution in [1.82, 2.24) is 9.55 Å². The molecule has 2 heterocycles. The molecule has 0 amide bonds. The van der Waals surface area contributed by atoms with E-state index in [0.29, 0.717) is 11.3 Å². The molecular formula is C21H16BrN3O4. The normalized spacial score (nSPS) is 10.4. The predicted octanol–water partition coefficient (Wildman–Crippen LogP) is 3.20. The number of Topliss-reactive ketones (excluding diaryl/α,β-unsaturated/α-hetero) is 1. The second-order valence-corrected chi connectivity index (χ2v) is 7.14. The van der Waals surface area contributed by atoms with Gasteiger partial charge in [0.2, 0.25) is 11.7 Å². The summed E-state index contributed by atoms with van der Waals surface area (Å²) < 4.78 is 7.35. The number of hydrogen-bond acceptors (Lipinski definition) is 6. The average molecular weight is 454 g/mol. The van der Waals surface area contributed by atoms with Crippen molar-refractivity contribution in [3.63, 3.8) is 0 Å². The van der Waals surface area contributed by atoms with Crippen molar-refractivity contribution in [3.05, 3.63) is 85.9 Å². The molecule has 0 aliphatic rings. The van der Waals surface area contributed by atoms with E-state index in [1.807, 2.05) is 6.07 Å². The van der Waals surface area contributed by atoms with Gasteiger partial charge in [-0.2, -0.15) is 5.26 Å². The smallest absolute Gasteiger partial charge is 0.271 e. The van der Waals surface area contributed by atoms with Gasteiger partial charge >= 0.3 is 0 Å². The number of carbonyl (C=O) groups excluding carboxylic acids is 1. The summed E-state index contributed by atoms with van der Waals surface area (Å²) in [6.45, 7) is 1.08. The quantitative estimate of drug-likeness (QED) is 0.574. The summed E-state index contributed by atoms with van der Waals surface area (Å²) in [6, 6.07) is 12.2. The van der Waals surface area contributed by atoms with Crippen LogP contribution in [0.2, 0.25) is 0 Å². The van der Waals surface area contributed by atoms with Crippen LogP contribution < -0.4 is 10.3 Å². The van der Waals surface area contributed by atoms with Gasteiger partial charge in [-0.3, -0.25) is 19.1 Å².